The van der Waals surface area contributed by atoms with Crippen molar-refractivity contribution in [1.29, 1.82) is 5.41 Å². The van der Waals surface area contributed by atoms with Crippen LogP contribution < -0.4 is 10.6 Å². The number of carbonyl (C=O) groups excluding carboxylic acids is 1. The molecule has 0 aliphatic heterocycles. The Labute approximate surface area is 188 Å². The third-order valence-corrected chi connectivity index (χ3v) is 5.68. The SMILES string of the molecule is CC(C)(C)OC(=O)NC(=N)c1ccc(-c2ncc(Cl)c(Nc3cc(C4CC4)[nH]n3)n2)s1. The summed E-state index contributed by atoms with van der Waals surface area (Å²) in [5.74, 6) is 2.04. The molecule has 0 atom stereocenters. The smallest absolute Gasteiger partial charge is 0.413 e. The maximum atomic E-state index is 11.9. The van der Waals surface area contributed by atoms with Crippen molar-refractivity contribution >= 4 is 46.5 Å². The van der Waals surface area contributed by atoms with Gasteiger partial charge in [-0.1, -0.05) is 11.6 Å². The molecular formula is C20H22ClN7O2S. The van der Waals surface area contributed by atoms with Crippen LogP contribution in [0.3, 0.4) is 0 Å². The molecule has 31 heavy (non-hydrogen) atoms. The third kappa shape index (κ3) is 5.39. The van der Waals surface area contributed by atoms with Crippen LogP contribution >= 0.6 is 22.9 Å². The normalized spacial score (nSPS) is 13.7. The Balaban J connectivity index is 1.47. The van der Waals surface area contributed by atoms with E-state index in [1.54, 1.807) is 32.9 Å². The first-order chi connectivity index (χ1) is 14.7. The molecule has 1 aliphatic rings. The van der Waals surface area contributed by atoms with Gasteiger partial charge in [-0.25, -0.2) is 14.8 Å². The highest BCUT2D eigenvalue weighted by molar-refractivity contribution is 7.17. The van der Waals surface area contributed by atoms with Gasteiger partial charge in [0.05, 0.1) is 16.0 Å². The number of hydrogen-bond acceptors (Lipinski definition) is 8. The van der Waals surface area contributed by atoms with E-state index in [9.17, 15) is 4.79 Å². The van der Waals surface area contributed by atoms with Gasteiger partial charge >= 0.3 is 6.09 Å². The van der Waals surface area contributed by atoms with Crippen LogP contribution in [0.1, 0.15) is 50.1 Å². The number of thiophene rings is 1. The quantitative estimate of drug-likeness (QED) is 0.312. The van der Waals surface area contributed by atoms with Crippen LogP contribution in [0.25, 0.3) is 10.7 Å². The van der Waals surface area contributed by atoms with E-state index in [1.807, 2.05) is 6.07 Å². The second kappa shape index (κ2) is 8.27. The van der Waals surface area contributed by atoms with Crippen molar-refractivity contribution in [2.75, 3.05) is 5.32 Å². The number of aromatic nitrogens is 4. The van der Waals surface area contributed by atoms with Gasteiger partial charge in [0.15, 0.2) is 17.5 Å². The number of halogens is 1. The fraction of sp³-hybridized carbons (Fsp3) is 0.350. The number of nitrogens with zero attached hydrogens (tertiary/aromatic N) is 3. The third-order valence-electron chi connectivity index (χ3n) is 4.30. The zero-order valence-corrected chi connectivity index (χ0v) is 18.8. The summed E-state index contributed by atoms with van der Waals surface area (Å²) in [6.45, 7) is 5.29. The number of rotatable bonds is 5. The Kier molecular flexibility index (Phi) is 5.67. The molecule has 4 N–H and O–H groups in total. The largest absolute Gasteiger partial charge is 0.444 e. The lowest BCUT2D eigenvalue weighted by atomic mass is 10.2. The van der Waals surface area contributed by atoms with Gasteiger partial charge in [-0.15, -0.1) is 11.3 Å². The summed E-state index contributed by atoms with van der Waals surface area (Å²) in [7, 11) is 0. The van der Waals surface area contributed by atoms with E-state index < -0.39 is 11.7 Å². The Morgan fingerprint density at radius 1 is 1.35 bits per heavy atom. The molecule has 0 aromatic carbocycles. The van der Waals surface area contributed by atoms with Gasteiger partial charge in [0.25, 0.3) is 0 Å². The van der Waals surface area contributed by atoms with Crippen LogP contribution in [0.4, 0.5) is 16.4 Å². The number of amidine groups is 1. The van der Waals surface area contributed by atoms with Crippen LogP contribution in [0.15, 0.2) is 24.4 Å². The summed E-state index contributed by atoms with van der Waals surface area (Å²) >= 11 is 7.54. The van der Waals surface area contributed by atoms with Crippen molar-refractivity contribution < 1.29 is 9.53 Å². The molecule has 4 rings (SSSR count). The lowest BCUT2D eigenvalue weighted by molar-refractivity contribution is 0.0563. The number of amides is 1. The summed E-state index contributed by atoms with van der Waals surface area (Å²) in [5, 5.41) is 21.4. The molecule has 9 nitrogen and oxygen atoms in total. The lowest BCUT2D eigenvalue weighted by Crippen LogP contribution is -2.36. The molecule has 0 radical (unpaired) electrons. The van der Waals surface area contributed by atoms with Gasteiger partial charge in [-0.2, -0.15) is 5.10 Å². The van der Waals surface area contributed by atoms with Crippen molar-refractivity contribution in [3.8, 4) is 10.7 Å². The molecular weight excluding hydrogens is 438 g/mol. The number of alkyl carbamates (subject to hydrolysis) is 1. The Bertz CT molecular complexity index is 1130. The van der Waals surface area contributed by atoms with E-state index in [1.165, 1.54) is 30.4 Å². The molecule has 0 spiro atoms. The maximum Gasteiger partial charge on any atom is 0.413 e. The maximum absolute atomic E-state index is 11.9. The molecule has 0 unspecified atom stereocenters. The van der Waals surface area contributed by atoms with Gasteiger partial charge in [0.1, 0.15) is 16.5 Å². The number of H-pyrrole nitrogens is 1. The first-order valence-electron chi connectivity index (χ1n) is 9.72. The van der Waals surface area contributed by atoms with Gasteiger partial charge in [-0.3, -0.25) is 15.8 Å². The van der Waals surface area contributed by atoms with Gasteiger partial charge in [-0.05, 0) is 45.7 Å². The summed E-state index contributed by atoms with van der Waals surface area (Å²) in [5.41, 5.74) is 0.464. The van der Waals surface area contributed by atoms with Crippen LogP contribution in [0.2, 0.25) is 5.02 Å². The topological polar surface area (TPSA) is 129 Å². The molecule has 0 saturated heterocycles. The van der Waals surface area contributed by atoms with Crippen molar-refractivity contribution in [1.82, 2.24) is 25.5 Å². The van der Waals surface area contributed by atoms with E-state index in [4.69, 9.17) is 21.7 Å². The summed E-state index contributed by atoms with van der Waals surface area (Å²) < 4.78 is 5.18. The van der Waals surface area contributed by atoms with E-state index in [-0.39, 0.29) is 5.84 Å². The molecule has 3 heterocycles. The molecule has 1 saturated carbocycles. The van der Waals surface area contributed by atoms with Crippen LogP contribution in [0, 0.1) is 5.41 Å². The number of nitrogens with one attached hydrogen (secondary N) is 4. The molecule has 0 bridgehead atoms. The summed E-state index contributed by atoms with van der Waals surface area (Å²) in [6, 6.07) is 5.47. The second-order valence-electron chi connectivity index (χ2n) is 8.16. The summed E-state index contributed by atoms with van der Waals surface area (Å²) in [4.78, 5) is 22.0. The fourth-order valence-corrected chi connectivity index (χ4v) is 3.75. The molecule has 162 valence electrons. The van der Waals surface area contributed by atoms with Crippen molar-refractivity contribution in [2.24, 2.45) is 0 Å². The van der Waals surface area contributed by atoms with Gasteiger partial charge < -0.3 is 10.1 Å². The number of ether oxygens (including phenoxy) is 1. The standard InChI is InChI=1S/C20H22ClN7O2S/c1-20(2,3)30-19(29)25-16(22)13-6-7-14(31-13)18-23-9-11(21)17(26-18)24-15-8-12(27-28-15)10-4-5-10/h6-10H,4-5H2,1-3H3,(H2,22,25,29)(H2,23,24,26,27,28). The minimum atomic E-state index is -0.675. The Morgan fingerprint density at radius 3 is 2.84 bits per heavy atom. The predicted octanol–water partition coefficient (Wildman–Crippen LogP) is 5.05. The van der Waals surface area contributed by atoms with Crippen molar-refractivity contribution in [3.05, 3.63) is 40.0 Å². The monoisotopic (exact) mass is 459 g/mol. The molecule has 3 aromatic heterocycles. The number of anilines is 2. The first-order valence-corrected chi connectivity index (χ1v) is 10.9. The average Bonchev–Trinajstić information content (AvgIpc) is 3.22. The number of aromatic amines is 1. The number of hydrogen-bond donors (Lipinski definition) is 4. The van der Waals surface area contributed by atoms with E-state index in [0.717, 1.165) is 10.6 Å². The van der Waals surface area contributed by atoms with Crippen LogP contribution in [-0.4, -0.2) is 37.7 Å². The molecule has 11 heteroatoms. The van der Waals surface area contributed by atoms with E-state index >= 15 is 0 Å². The minimum Gasteiger partial charge on any atom is -0.444 e. The highest BCUT2D eigenvalue weighted by Crippen LogP contribution is 2.40. The lowest BCUT2D eigenvalue weighted by Gasteiger charge is -2.19. The number of carbonyl (C=O) groups is 1. The predicted molar refractivity (Wildman–Crippen MR) is 120 cm³/mol. The zero-order valence-electron chi connectivity index (χ0n) is 17.2. The van der Waals surface area contributed by atoms with Crippen LogP contribution in [0.5, 0.6) is 0 Å². The Hall–Kier alpha value is -2.98. The molecule has 1 fully saturated rings. The van der Waals surface area contributed by atoms with Gasteiger partial charge in [0, 0.05) is 17.7 Å². The van der Waals surface area contributed by atoms with E-state index in [2.05, 4.69) is 30.8 Å². The molecule has 1 amide bonds. The van der Waals surface area contributed by atoms with Crippen molar-refractivity contribution in [2.45, 2.75) is 45.1 Å². The second-order valence-corrected chi connectivity index (χ2v) is 9.65. The summed E-state index contributed by atoms with van der Waals surface area (Å²) in [6.07, 6.45) is 3.20. The molecule has 1 aliphatic carbocycles. The highest BCUT2D eigenvalue weighted by Gasteiger charge is 2.25. The zero-order chi connectivity index (χ0) is 22.2. The average molecular weight is 460 g/mol. The molecule has 3 aromatic rings. The van der Waals surface area contributed by atoms with Crippen molar-refractivity contribution in [3.63, 3.8) is 0 Å². The first kappa shape index (κ1) is 21.3. The van der Waals surface area contributed by atoms with E-state index in [0.29, 0.717) is 33.3 Å². The fourth-order valence-electron chi connectivity index (χ4n) is 2.76. The highest BCUT2D eigenvalue weighted by atomic mass is 35.5. The van der Waals surface area contributed by atoms with Gasteiger partial charge in [0.2, 0.25) is 0 Å². The Morgan fingerprint density at radius 2 is 2.13 bits per heavy atom. The minimum absolute atomic E-state index is 0.0538. The van der Waals surface area contributed by atoms with Crippen LogP contribution in [-0.2, 0) is 4.74 Å².